The van der Waals surface area contributed by atoms with Gasteiger partial charge in [0.1, 0.15) is 5.75 Å². The second kappa shape index (κ2) is 5.86. The van der Waals surface area contributed by atoms with Gasteiger partial charge in [-0.3, -0.25) is 4.79 Å². The van der Waals surface area contributed by atoms with E-state index >= 15 is 0 Å². The van der Waals surface area contributed by atoms with Gasteiger partial charge in [-0.2, -0.15) is 0 Å². The minimum atomic E-state index is -0.122. The van der Waals surface area contributed by atoms with Gasteiger partial charge in [0.25, 0.3) is 5.91 Å². The number of hydrogen-bond donors (Lipinski definition) is 1. The molecular formula is C12H9Br2NO2S. The largest absolute Gasteiger partial charge is 0.496 e. The van der Waals surface area contributed by atoms with Gasteiger partial charge >= 0.3 is 0 Å². The standard InChI is InChI=1S/C12H9Br2NO2S/c1-17-9-3-2-7(6-8(9)13)15-12(16)10-4-5-11(14)18-10/h2-6H,1H3,(H,15,16). The minimum Gasteiger partial charge on any atom is -0.496 e. The summed E-state index contributed by atoms with van der Waals surface area (Å²) in [6.45, 7) is 0. The molecule has 0 fully saturated rings. The number of methoxy groups -OCH3 is 1. The number of halogens is 2. The Labute approximate surface area is 125 Å². The van der Waals surface area contributed by atoms with Gasteiger partial charge in [-0.25, -0.2) is 0 Å². The van der Waals surface area contributed by atoms with Crippen LogP contribution >= 0.6 is 43.2 Å². The Morgan fingerprint density at radius 1 is 1.28 bits per heavy atom. The molecule has 0 aliphatic carbocycles. The van der Waals surface area contributed by atoms with E-state index in [4.69, 9.17) is 4.74 Å². The highest BCUT2D eigenvalue weighted by atomic mass is 79.9. The van der Waals surface area contributed by atoms with Crippen LogP contribution in [0.3, 0.4) is 0 Å². The zero-order valence-electron chi connectivity index (χ0n) is 9.37. The molecule has 3 nitrogen and oxygen atoms in total. The van der Waals surface area contributed by atoms with Gasteiger partial charge in [-0.1, -0.05) is 0 Å². The maximum Gasteiger partial charge on any atom is 0.265 e. The van der Waals surface area contributed by atoms with Gasteiger partial charge in [0.2, 0.25) is 0 Å². The average molecular weight is 391 g/mol. The molecule has 1 aromatic heterocycles. The predicted octanol–water partition coefficient (Wildman–Crippen LogP) is 4.53. The molecule has 18 heavy (non-hydrogen) atoms. The molecule has 0 atom stereocenters. The van der Waals surface area contributed by atoms with Crippen LogP contribution in [0.25, 0.3) is 0 Å². The first kappa shape index (κ1) is 13.6. The topological polar surface area (TPSA) is 38.3 Å². The summed E-state index contributed by atoms with van der Waals surface area (Å²) < 4.78 is 6.86. The van der Waals surface area contributed by atoms with E-state index in [1.54, 1.807) is 31.4 Å². The number of benzene rings is 1. The zero-order valence-corrected chi connectivity index (χ0v) is 13.4. The lowest BCUT2D eigenvalue weighted by molar-refractivity contribution is 0.103. The van der Waals surface area contributed by atoms with Crippen molar-refractivity contribution in [1.29, 1.82) is 0 Å². The van der Waals surface area contributed by atoms with Crippen LogP contribution < -0.4 is 10.1 Å². The van der Waals surface area contributed by atoms with Crippen molar-refractivity contribution in [1.82, 2.24) is 0 Å². The fraction of sp³-hybridized carbons (Fsp3) is 0.0833. The Morgan fingerprint density at radius 2 is 2.06 bits per heavy atom. The van der Waals surface area contributed by atoms with Crippen molar-refractivity contribution >= 4 is 54.8 Å². The molecule has 1 heterocycles. The summed E-state index contributed by atoms with van der Waals surface area (Å²) in [4.78, 5) is 12.6. The third-order valence-electron chi connectivity index (χ3n) is 2.21. The Morgan fingerprint density at radius 3 is 2.61 bits per heavy atom. The summed E-state index contributed by atoms with van der Waals surface area (Å²) in [7, 11) is 1.60. The highest BCUT2D eigenvalue weighted by Crippen LogP contribution is 2.28. The Balaban J connectivity index is 2.14. The smallest absolute Gasteiger partial charge is 0.265 e. The van der Waals surface area contributed by atoms with E-state index in [1.807, 2.05) is 6.07 Å². The zero-order chi connectivity index (χ0) is 13.1. The lowest BCUT2D eigenvalue weighted by Crippen LogP contribution is -2.09. The highest BCUT2D eigenvalue weighted by Gasteiger charge is 2.09. The van der Waals surface area contributed by atoms with Crippen LogP contribution in [0.15, 0.2) is 38.6 Å². The monoisotopic (exact) mass is 389 g/mol. The van der Waals surface area contributed by atoms with E-state index in [2.05, 4.69) is 37.2 Å². The average Bonchev–Trinajstić information content (AvgIpc) is 2.76. The van der Waals surface area contributed by atoms with Gasteiger partial charge in [0.15, 0.2) is 0 Å². The first-order chi connectivity index (χ1) is 8.60. The van der Waals surface area contributed by atoms with Crippen molar-refractivity contribution in [3.05, 3.63) is 43.5 Å². The Bertz CT molecular complexity index is 583. The molecule has 0 aliphatic rings. The lowest BCUT2D eigenvalue weighted by Gasteiger charge is -2.07. The fourth-order valence-electron chi connectivity index (χ4n) is 1.37. The van der Waals surface area contributed by atoms with Crippen LogP contribution in [-0.4, -0.2) is 13.0 Å². The number of ether oxygens (including phenoxy) is 1. The highest BCUT2D eigenvalue weighted by molar-refractivity contribution is 9.11. The van der Waals surface area contributed by atoms with Crippen molar-refractivity contribution in [2.45, 2.75) is 0 Å². The summed E-state index contributed by atoms with van der Waals surface area (Å²) in [6.07, 6.45) is 0. The Kier molecular flexibility index (Phi) is 4.42. The summed E-state index contributed by atoms with van der Waals surface area (Å²) in [6, 6.07) is 9.03. The van der Waals surface area contributed by atoms with Gasteiger partial charge in [0.05, 0.1) is 20.2 Å². The number of amides is 1. The van der Waals surface area contributed by atoms with Gasteiger partial charge in [-0.05, 0) is 62.2 Å². The minimum absolute atomic E-state index is 0.122. The summed E-state index contributed by atoms with van der Waals surface area (Å²) in [5.41, 5.74) is 0.720. The third kappa shape index (κ3) is 3.13. The molecular weight excluding hydrogens is 382 g/mol. The molecule has 0 saturated heterocycles. The molecule has 0 radical (unpaired) electrons. The van der Waals surface area contributed by atoms with Gasteiger partial charge < -0.3 is 10.1 Å². The number of hydrogen-bond acceptors (Lipinski definition) is 3. The number of carbonyl (C=O) groups is 1. The first-order valence-electron chi connectivity index (χ1n) is 5.00. The van der Waals surface area contributed by atoms with E-state index in [9.17, 15) is 4.79 Å². The van der Waals surface area contributed by atoms with Crippen LogP contribution in [0.4, 0.5) is 5.69 Å². The lowest BCUT2D eigenvalue weighted by atomic mass is 10.3. The molecule has 1 amide bonds. The van der Waals surface area contributed by atoms with Gasteiger partial charge in [-0.15, -0.1) is 11.3 Å². The van der Waals surface area contributed by atoms with E-state index in [1.165, 1.54) is 11.3 Å². The molecule has 1 N–H and O–H groups in total. The number of anilines is 1. The molecule has 0 unspecified atom stereocenters. The molecule has 2 aromatic rings. The maximum absolute atomic E-state index is 11.9. The number of rotatable bonds is 3. The number of nitrogens with one attached hydrogen (secondary N) is 1. The molecule has 0 bridgehead atoms. The SMILES string of the molecule is COc1ccc(NC(=O)c2ccc(Br)s2)cc1Br. The number of thiophene rings is 1. The van der Waals surface area contributed by atoms with Crippen molar-refractivity contribution in [2.24, 2.45) is 0 Å². The van der Waals surface area contributed by atoms with Crippen LogP contribution in [0, 0.1) is 0 Å². The van der Waals surface area contributed by atoms with E-state index in [0.29, 0.717) is 4.88 Å². The van der Waals surface area contributed by atoms with Crippen molar-refractivity contribution < 1.29 is 9.53 Å². The third-order valence-corrected chi connectivity index (χ3v) is 4.45. The van der Waals surface area contributed by atoms with Crippen LogP contribution in [-0.2, 0) is 0 Å². The molecule has 94 valence electrons. The quantitative estimate of drug-likeness (QED) is 0.835. The van der Waals surface area contributed by atoms with Crippen molar-refractivity contribution in [3.8, 4) is 5.75 Å². The summed E-state index contributed by atoms with van der Waals surface area (Å²) in [5, 5.41) is 2.83. The Hall–Kier alpha value is -0.850. The molecule has 2 rings (SSSR count). The van der Waals surface area contributed by atoms with Crippen LogP contribution in [0.2, 0.25) is 0 Å². The first-order valence-corrected chi connectivity index (χ1v) is 7.40. The van der Waals surface area contributed by atoms with Crippen molar-refractivity contribution in [2.75, 3.05) is 12.4 Å². The van der Waals surface area contributed by atoms with Gasteiger partial charge in [0, 0.05) is 5.69 Å². The molecule has 1 aromatic carbocycles. The fourth-order valence-corrected chi connectivity index (χ4v) is 3.20. The normalized spacial score (nSPS) is 10.2. The predicted molar refractivity (Wildman–Crippen MR) is 80.7 cm³/mol. The van der Waals surface area contributed by atoms with E-state index in [0.717, 1.165) is 19.7 Å². The van der Waals surface area contributed by atoms with E-state index in [-0.39, 0.29) is 5.91 Å². The second-order valence-electron chi connectivity index (χ2n) is 3.41. The molecule has 0 spiro atoms. The summed E-state index contributed by atoms with van der Waals surface area (Å²) in [5.74, 6) is 0.606. The van der Waals surface area contributed by atoms with Crippen molar-refractivity contribution in [3.63, 3.8) is 0 Å². The van der Waals surface area contributed by atoms with Crippen LogP contribution in [0.5, 0.6) is 5.75 Å². The molecule has 0 saturated carbocycles. The molecule has 0 aliphatic heterocycles. The second-order valence-corrected chi connectivity index (χ2v) is 6.72. The number of carbonyl (C=O) groups excluding carboxylic acids is 1. The summed E-state index contributed by atoms with van der Waals surface area (Å²) >= 11 is 8.10. The maximum atomic E-state index is 11.9. The van der Waals surface area contributed by atoms with Crippen LogP contribution in [0.1, 0.15) is 9.67 Å². The van der Waals surface area contributed by atoms with E-state index < -0.39 is 0 Å². The molecule has 6 heteroatoms.